The third-order valence-corrected chi connectivity index (χ3v) is 3.17. The predicted molar refractivity (Wildman–Crippen MR) is 75.4 cm³/mol. The molecule has 6 nitrogen and oxygen atoms in total. The number of fused-ring (bicyclic) bond motifs is 1. The molecule has 0 saturated carbocycles. The van der Waals surface area contributed by atoms with Gasteiger partial charge >= 0.3 is 11.9 Å². The lowest BCUT2D eigenvalue weighted by atomic mass is 10.2. The van der Waals surface area contributed by atoms with Crippen LogP contribution in [0.3, 0.4) is 0 Å². The Morgan fingerprint density at radius 3 is 2.80 bits per heavy atom. The lowest BCUT2D eigenvalue weighted by Crippen LogP contribution is -2.15. The van der Waals surface area contributed by atoms with Gasteiger partial charge in [0.05, 0.1) is 25.8 Å². The molecule has 0 atom stereocenters. The topological polar surface area (TPSA) is 77.5 Å². The summed E-state index contributed by atoms with van der Waals surface area (Å²) in [6.45, 7) is 0. The minimum Gasteiger partial charge on any atom is -0.466 e. The van der Waals surface area contributed by atoms with Gasteiger partial charge in [0.25, 0.3) is 0 Å². The number of methoxy groups -OCH3 is 2. The molecule has 1 aromatic heterocycles. The van der Waals surface area contributed by atoms with E-state index in [4.69, 9.17) is 0 Å². The van der Waals surface area contributed by atoms with E-state index in [1.165, 1.54) is 25.8 Å². The van der Waals surface area contributed by atoms with Crippen molar-refractivity contribution >= 4 is 40.1 Å². The lowest BCUT2D eigenvalue weighted by molar-refractivity contribution is -0.138. The largest absolute Gasteiger partial charge is 0.466 e. The number of nitrogens with one attached hydrogen (secondary N) is 1. The summed E-state index contributed by atoms with van der Waals surface area (Å²) < 4.78 is 13.3. The quantitative estimate of drug-likeness (QED) is 0.685. The monoisotopic (exact) mass is 292 g/mol. The molecule has 0 aliphatic carbocycles. The van der Waals surface area contributed by atoms with Gasteiger partial charge in [-0.05, 0) is 29.7 Å². The van der Waals surface area contributed by atoms with Gasteiger partial charge in [-0.2, -0.15) is 4.37 Å². The second-order valence-corrected chi connectivity index (χ2v) is 4.41. The average molecular weight is 292 g/mol. The van der Waals surface area contributed by atoms with Crippen LogP contribution in [0.1, 0.15) is 0 Å². The normalized spacial score (nSPS) is 11.2. The molecule has 2 rings (SSSR count). The van der Waals surface area contributed by atoms with E-state index in [1.54, 1.807) is 12.1 Å². The highest BCUT2D eigenvalue weighted by atomic mass is 32.1. The maximum absolute atomic E-state index is 11.6. The lowest BCUT2D eigenvalue weighted by Gasteiger charge is -2.08. The molecule has 0 saturated heterocycles. The zero-order chi connectivity index (χ0) is 14.5. The standard InChI is InChI=1S/C13H12N2O4S/c1-18-12(16)6-11(13(17)19-2)14-9-4-3-8-7-20-15-10(8)5-9/h3-7,14H,1-2H3/b11-6+. The molecule has 0 amide bonds. The fourth-order valence-electron chi connectivity index (χ4n) is 1.53. The van der Waals surface area contributed by atoms with Crippen LogP contribution in [0, 0.1) is 0 Å². The molecule has 1 N–H and O–H groups in total. The van der Waals surface area contributed by atoms with E-state index in [9.17, 15) is 9.59 Å². The summed E-state index contributed by atoms with van der Waals surface area (Å²) in [5.41, 5.74) is 1.43. The minimum absolute atomic E-state index is 0.00562. The van der Waals surface area contributed by atoms with Crippen molar-refractivity contribution in [3.63, 3.8) is 0 Å². The Morgan fingerprint density at radius 2 is 2.10 bits per heavy atom. The zero-order valence-electron chi connectivity index (χ0n) is 10.9. The maximum Gasteiger partial charge on any atom is 0.354 e. The summed E-state index contributed by atoms with van der Waals surface area (Å²) in [6.07, 6.45) is 1.04. The number of benzene rings is 1. The zero-order valence-corrected chi connectivity index (χ0v) is 11.7. The van der Waals surface area contributed by atoms with Gasteiger partial charge in [0.15, 0.2) is 0 Å². The van der Waals surface area contributed by atoms with Crippen molar-refractivity contribution in [2.45, 2.75) is 0 Å². The van der Waals surface area contributed by atoms with E-state index in [-0.39, 0.29) is 5.70 Å². The van der Waals surface area contributed by atoms with Gasteiger partial charge in [-0.1, -0.05) is 0 Å². The first kappa shape index (κ1) is 14.0. The summed E-state index contributed by atoms with van der Waals surface area (Å²) in [5, 5.41) is 5.76. The molecule has 104 valence electrons. The number of carbonyl (C=O) groups excluding carboxylic acids is 2. The van der Waals surface area contributed by atoms with E-state index in [0.717, 1.165) is 17.0 Å². The highest BCUT2D eigenvalue weighted by Crippen LogP contribution is 2.21. The molecular weight excluding hydrogens is 280 g/mol. The summed E-state index contributed by atoms with van der Waals surface area (Å²) in [7, 11) is 2.47. The first-order chi connectivity index (χ1) is 9.63. The van der Waals surface area contributed by atoms with Gasteiger partial charge in [0.1, 0.15) is 5.70 Å². The van der Waals surface area contributed by atoms with Crippen molar-refractivity contribution in [3.8, 4) is 0 Å². The average Bonchev–Trinajstić information content (AvgIpc) is 2.93. The van der Waals surface area contributed by atoms with Gasteiger partial charge in [-0.15, -0.1) is 0 Å². The Labute approximate surface area is 119 Å². The Morgan fingerprint density at radius 1 is 1.30 bits per heavy atom. The molecule has 0 aliphatic rings. The van der Waals surface area contributed by atoms with E-state index < -0.39 is 11.9 Å². The van der Waals surface area contributed by atoms with Gasteiger partial charge in [0.2, 0.25) is 0 Å². The van der Waals surface area contributed by atoms with E-state index in [2.05, 4.69) is 19.2 Å². The SMILES string of the molecule is COC(=O)/C=C(/Nc1ccc2csnc2c1)C(=O)OC. The second-order valence-electron chi connectivity index (χ2n) is 3.79. The number of hydrogen-bond acceptors (Lipinski definition) is 7. The van der Waals surface area contributed by atoms with Gasteiger partial charge in [-0.25, -0.2) is 9.59 Å². The van der Waals surface area contributed by atoms with Gasteiger partial charge in [0, 0.05) is 16.5 Å². The van der Waals surface area contributed by atoms with Crippen LogP contribution in [0.2, 0.25) is 0 Å². The van der Waals surface area contributed by atoms with Gasteiger partial charge < -0.3 is 14.8 Å². The number of carbonyl (C=O) groups is 2. The van der Waals surface area contributed by atoms with Crippen molar-refractivity contribution in [2.75, 3.05) is 19.5 Å². The maximum atomic E-state index is 11.6. The number of esters is 2. The van der Waals surface area contributed by atoms with E-state index >= 15 is 0 Å². The molecular formula is C13H12N2O4S. The number of hydrogen-bond donors (Lipinski definition) is 1. The Balaban J connectivity index is 2.28. The third kappa shape index (κ3) is 3.12. The number of ether oxygens (including phenoxy) is 2. The second kappa shape index (κ2) is 6.16. The third-order valence-electron chi connectivity index (χ3n) is 2.51. The fourth-order valence-corrected chi connectivity index (χ4v) is 2.17. The van der Waals surface area contributed by atoms with E-state index in [0.29, 0.717) is 5.69 Å². The van der Waals surface area contributed by atoms with Crippen LogP contribution in [-0.2, 0) is 19.1 Å². The summed E-state index contributed by atoms with van der Waals surface area (Å²) in [4.78, 5) is 22.9. The van der Waals surface area contributed by atoms with Crippen molar-refractivity contribution in [2.24, 2.45) is 0 Å². The van der Waals surface area contributed by atoms with Crippen molar-refractivity contribution in [1.29, 1.82) is 0 Å². The summed E-state index contributed by atoms with van der Waals surface area (Å²) in [6, 6.07) is 5.43. The molecule has 0 radical (unpaired) electrons. The molecule has 1 aromatic carbocycles. The summed E-state index contributed by atoms with van der Waals surface area (Å²) in [5.74, 6) is -1.30. The number of rotatable bonds is 4. The Kier molecular flexibility index (Phi) is 4.31. The molecule has 0 fully saturated rings. The van der Waals surface area contributed by atoms with Crippen molar-refractivity contribution in [1.82, 2.24) is 4.37 Å². The molecule has 0 bridgehead atoms. The highest BCUT2D eigenvalue weighted by molar-refractivity contribution is 7.04. The van der Waals surface area contributed by atoms with Crippen molar-refractivity contribution in [3.05, 3.63) is 35.4 Å². The van der Waals surface area contributed by atoms with Crippen molar-refractivity contribution < 1.29 is 19.1 Å². The number of anilines is 1. The summed E-state index contributed by atoms with van der Waals surface area (Å²) >= 11 is 1.35. The molecule has 7 heteroatoms. The fraction of sp³-hybridized carbons (Fsp3) is 0.154. The predicted octanol–water partition coefficient (Wildman–Crippen LogP) is 1.94. The highest BCUT2D eigenvalue weighted by Gasteiger charge is 2.13. The van der Waals surface area contributed by atoms with Crippen LogP contribution >= 0.6 is 11.5 Å². The Bertz CT molecular complexity index is 678. The minimum atomic E-state index is -0.659. The van der Waals surface area contributed by atoms with Gasteiger partial charge in [-0.3, -0.25) is 0 Å². The molecule has 20 heavy (non-hydrogen) atoms. The molecule has 0 unspecified atom stereocenters. The number of aromatic nitrogens is 1. The first-order valence-corrected chi connectivity index (χ1v) is 6.47. The molecule has 1 heterocycles. The molecule has 0 spiro atoms. The smallest absolute Gasteiger partial charge is 0.354 e. The molecule has 0 aliphatic heterocycles. The number of nitrogens with zero attached hydrogens (tertiary/aromatic N) is 1. The molecule has 2 aromatic rings. The van der Waals surface area contributed by atoms with Crippen LogP contribution < -0.4 is 5.32 Å². The Hall–Kier alpha value is -2.41. The van der Waals surface area contributed by atoms with Crippen LogP contribution in [0.4, 0.5) is 5.69 Å². The van der Waals surface area contributed by atoms with E-state index in [1.807, 2.05) is 11.4 Å². The van der Waals surface area contributed by atoms with Crippen LogP contribution in [-0.4, -0.2) is 30.5 Å². The van der Waals surface area contributed by atoms with Crippen LogP contribution in [0.15, 0.2) is 35.4 Å². The first-order valence-electron chi connectivity index (χ1n) is 5.63. The van der Waals surface area contributed by atoms with Crippen LogP contribution in [0.5, 0.6) is 0 Å². The van der Waals surface area contributed by atoms with Crippen LogP contribution in [0.25, 0.3) is 10.9 Å².